The number of hydrogen-bond acceptors (Lipinski definition) is 2. The van der Waals surface area contributed by atoms with Crippen LogP contribution in [-0.4, -0.2) is 0 Å². The van der Waals surface area contributed by atoms with Crippen molar-refractivity contribution in [2.75, 3.05) is 0 Å². The Kier molecular flexibility index (Phi) is 5.46. The second-order valence-corrected chi connectivity index (χ2v) is 6.00. The van der Waals surface area contributed by atoms with Crippen molar-refractivity contribution in [3.63, 3.8) is 0 Å². The molecule has 136 valence electrons. The fraction of sp³-hybridized carbons (Fsp3) is 0.136. The molecule has 5 heteroatoms. The zero-order valence-corrected chi connectivity index (χ0v) is 14.3. The van der Waals surface area contributed by atoms with Crippen molar-refractivity contribution >= 4 is 0 Å². The average molecular weight is 367 g/mol. The molecule has 0 fully saturated rings. The summed E-state index contributed by atoms with van der Waals surface area (Å²) in [7, 11) is 0. The molecule has 0 spiro atoms. The smallest absolute Gasteiger partial charge is 0.416 e. The highest BCUT2D eigenvalue weighted by molar-refractivity contribution is 5.69. The van der Waals surface area contributed by atoms with Crippen molar-refractivity contribution in [1.29, 1.82) is 5.26 Å². The average Bonchev–Trinajstić information content (AvgIpc) is 2.67. The molecule has 0 atom stereocenters. The van der Waals surface area contributed by atoms with Gasteiger partial charge >= 0.3 is 6.18 Å². The van der Waals surface area contributed by atoms with Crippen molar-refractivity contribution in [1.82, 2.24) is 0 Å². The predicted molar refractivity (Wildman–Crippen MR) is 97.0 cm³/mol. The molecule has 3 aromatic carbocycles. The van der Waals surface area contributed by atoms with Gasteiger partial charge in [0.1, 0.15) is 12.4 Å². The van der Waals surface area contributed by atoms with Gasteiger partial charge in [0.15, 0.2) is 0 Å². The van der Waals surface area contributed by atoms with Crippen LogP contribution in [0.1, 0.15) is 16.7 Å². The molecule has 0 aromatic heterocycles. The number of alkyl halides is 3. The first-order valence-corrected chi connectivity index (χ1v) is 8.31. The fourth-order valence-corrected chi connectivity index (χ4v) is 2.73. The van der Waals surface area contributed by atoms with Crippen molar-refractivity contribution < 1.29 is 17.9 Å². The number of halogens is 3. The molecule has 0 N–H and O–H groups in total. The van der Waals surface area contributed by atoms with Crippen molar-refractivity contribution in [2.45, 2.75) is 19.2 Å². The summed E-state index contributed by atoms with van der Waals surface area (Å²) in [6.45, 7) is 0.406. The van der Waals surface area contributed by atoms with Crippen LogP contribution in [0.5, 0.6) is 5.75 Å². The van der Waals surface area contributed by atoms with Gasteiger partial charge in [-0.25, -0.2) is 0 Å². The van der Waals surface area contributed by atoms with E-state index in [9.17, 15) is 13.2 Å². The zero-order chi connectivity index (χ0) is 19.3. The molecule has 0 aliphatic rings. The van der Waals surface area contributed by atoms with Gasteiger partial charge in [0.2, 0.25) is 0 Å². The largest absolute Gasteiger partial charge is 0.489 e. The predicted octanol–water partition coefficient (Wildman–Crippen LogP) is 6.02. The molecule has 0 heterocycles. The Morgan fingerprint density at radius 1 is 0.889 bits per heavy atom. The summed E-state index contributed by atoms with van der Waals surface area (Å²) in [6.07, 6.45) is -4.39. The van der Waals surface area contributed by atoms with Crippen LogP contribution in [0.4, 0.5) is 13.2 Å². The second kappa shape index (κ2) is 7.96. The summed E-state index contributed by atoms with van der Waals surface area (Å²) in [5.41, 5.74) is 1.86. The van der Waals surface area contributed by atoms with Gasteiger partial charge < -0.3 is 4.74 Å². The molecule has 0 amide bonds. The third kappa shape index (κ3) is 4.68. The lowest BCUT2D eigenvalue weighted by molar-refractivity contribution is -0.137. The summed E-state index contributed by atoms with van der Waals surface area (Å²) in [5, 5.41) is 8.95. The minimum absolute atomic E-state index is 0.0414. The Morgan fingerprint density at radius 2 is 1.59 bits per heavy atom. The number of hydrogen-bond donors (Lipinski definition) is 0. The van der Waals surface area contributed by atoms with Crippen molar-refractivity contribution in [3.05, 3.63) is 89.5 Å². The molecular formula is C22H16F3NO. The van der Waals surface area contributed by atoms with Crippen LogP contribution < -0.4 is 4.74 Å². The Morgan fingerprint density at radius 3 is 2.22 bits per heavy atom. The minimum atomic E-state index is -4.43. The fourth-order valence-electron chi connectivity index (χ4n) is 2.73. The second-order valence-electron chi connectivity index (χ2n) is 6.00. The van der Waals surface area contributed by atoms with Crippen LogP contribution in [0, 0.1) is 11.3 Å². The number of ether oxygens (including phenoxy) is 1. The maximum Gasteiger partial charge on any atom is 0.416 e. The van der Waals surface area contributed by atoms with E-state index in [4.69, 9.17) is 10.00 Å². The molecule has 0 saturated carbocycles. The molecule has 3 aromatic rings. The highest BCUT2D eigenvalue weighted by Crippen LogP contribution is 2.34. The maximum absolute atomic E-state index is 13.0. The number of benzene rings is 3. The molecule has 0 radical (unpaired) electrons. The monoisotopic (exact) mass is 367 g/mol. The quantitative estimate of drug-likeness (QED) is 0.553. The standard InChI is InChI=1S/C22H16F3NO/c23-22(24,25)19-9-6-18(12-13-26)21(14-19)17-7-10-20(11-8-17)27-15-16-4-2-1-3-5-16/h1-11,14H,12,15H2. The van der Waals surface area contributed by atoms with E-state index in [1.54, 1.807) is 24.3 Å². The van der Waals surface area contributed by atoms with E-state index in [1.807, 2.05) is 36.4 Å². The van der Waals surface area contributed by atoms with E-state index >= 15 is 0 Å². The number of nitrogens with zero attached hydrogens (tertiary/aromatic N) is 1. The van der Waals surface area contributed by atoms with Crippen molar-refractivity contribution in [2.24, 2.45) is 0 Å². The first-order valence-electron chi connectivity index (χ1n) is 8.31. The van der Waals surface area contributed by atoms with Gasteiger partial charge in [-0.1, -0.05) is 48.5 Å². The zero-order valence-electron chi connectivity index (χ0n) is 14.3. The van der Waals surface area contributed by atoms with Gasteiger partial charge in [-0.05, 0) is 46.5 Å². The van der Waals surface area contributed by atoms with E-state index < -0.39 is 11.7 Å². The van der Waals surface area contributed by atoms with Gasteiger partial charge in [0.05, 0.1) is 18.1 Å². The van der Waals surface area contributed by atoms with E-state index in [2.05, 4.69) is 0 Å². The molecule has 3 rings (SSSR count). The highest BCUT2D eigenvalue weighted by Gasteiger charge is 2.31. The van der Waals surface area contributed by atoms with Crippen LogP contribution in [-0.2, 0) is 19.2 Å². The molecule has 0 saturated heterocycles. The van der Waals surface area contributed by atoms with E-state index in [-0.39, 0.29) is 6.42 Å². The Bertz CT molecular complexity index is 942. The molecule has 0 aliphatic carbocycles. The topological polar surface area (TPSA) is 33.0 Å². The molecule has 0 unspecified atom stereocenters. The SMILES string of the molecule is N#CCc1ccc(C(F)(F)F)cc1-c1ccc(OCc2ccccc2)cc1. The summed E-state index contributed by atoms with van der Waals surface area (Å²) >= 11 is 0. The van der Waals surface area contributed by atoms with Gasteiger partial charge in [0, 0.05) is 0 Å². The maximum atomic E-state index is 13.0. The first-order chi connectivity index (χ1) is 13.0. The van der Waals surface area contributed by atoms with Gasteiger partial charge in [-0.15, -0.1) is 0 Å². The lowest BCUT2D eigenvalue weighted by Gasteiger charge is -2.13. The lowest BCUT2D eigenvalue weighted by Crippen LogP contribution is -2.05. The minimum Gasteiger partial charge on any atom is -0.489 e. The van der Waals surface area contributed by atoms with Gasteiger partial charge in [-0.2, -0.15) is 18.4 Å². The van der Waals surface area contributed by atoms with E-state index in [0.717, 1.165) is 17.7 Å². The third-order valence-corrected chi connectivity index (χ3v) is 4.12. The van der Waals surface area contributed by atoms with Crippen LogP contribution in [0.3, 0.4) is 0 Å². The van der Waals surface area contributed by atoms with Crippen LogP contribution >= 0.6 is 0 Å². The summed E-state index contributed by atoms with van der Waals surface area (Å²) in [6, 6.07) is 22.0. The summed E-state index contributed by atoms with van der Waals surface area (Å²) in [4.78, 5) is 0. The lowest BCUT2D eigenvalue weighted by atomic mass is 9.95. The molecule has 0 aliphatic heterocycles. The Labute approximate surface area is 155 Å². The van der Waals surface area contributed by atoms with E-state index in [0.29, 0.717) is 29.0 Å². The Hall–Kier alpha value is -3.26. The normalized spacial score (nSPS) is 11.0. The first kappa shape index (κ1) is 18.5. The molecule has 0 bridgehead atoms. The summed E-state index contributed by atoms with van der Waals surface area (Å²) in [5.74, 6) is 0.622. The van der Waals surface area contributed by atoms with Crippen LogP contribution in [0.2, 0.25) is 0 Å². The molecule has 27 heavy (non-hydrogen) atoms. The van der Waals surface area contributed by atoms with Gasteiger partial charge in [0.25, 0.3) is 0 Å². The van der Waals surface area contributed by atoms with E-state index in [1.165, 1.54) is 6.07 Å². The number of rotatable bonds is 5. The van der Waals surface area contributed by atoms with Gasteiger partial charge in [-0.3, -0.25) is 0 Å². The number of nitriles is 1. The molecule has 2 nitrogen and oxygen atoms in total. The highest BCUT2D eigenvalue weighted by atomic mass is 19.4. The third-order valence-electron chi connectivity index (χ3n) is 4.12. The van der Waals surface area contributed by atoms with Crippen molar-refractivity contribution in [3.8, 4) is 22.9 Å². The van der Waals surface area contributed by atoms with Crippen LogP contribution in [0.15, 0.2) is 72.8 Å². The Balaban J connectivity index is 1.84. The van der Waals surface area contributed by atoms with Crippen LogP contribution in [0.25, 0.3) is 11.1 Å². The summed E-state index contributed by atoms with van der Waals surface area (Å²) < 4.78 is 44.8. The molecular weight excluding hydrogens is 351 g/mol.